The van der Waals surface area contributed by atoms with Crippen molar-refractivity contribution in [2.75, 3.05) is 12.4 Å². The highest BCUT2D eigenvalue weighted by atomic mass is 32.2. The molecule has 0 aliphatic carbocycles. The standard InChI is InChI=1S/C23H21N3O6S2/c1-14-11-18(15(2)26(14)16-7-9-17(10-8-16)34(24,29)30)20(27)12-31-22(28)13-33-23-25-19-5-3-4-6-21(19)32-23/h3-11H,12-13H2,1-2H3,(H2,24,29,30). The van der Waals surface area contributed by atoms with Gasteiger partial charge in [0, 0.05) is 22.6 Å². The maximum atomic E-state index is 12.7. The molecule has 0 spiro atoms. The van der Waals surface area contributed by atoms with E-state index in [4.69, 9.17) is 14.3 Å². The van der Waals surface area contributed by atoms with Crippen LogP contribution in [0.15, 0.2) is 69.1 Å². The quantitative estimate of drug-likeness (QED) is 0.221. The lowest BCUT2D eigenvalue weighted by Crippen LogP contribution is -2.16. The van der Waals surface area contributed by atoms with Crippen molar-refractivity contribution >= 4 is 44.6 Å². The van der Waals surface area contributed by atoms with Gasteiger partial charge in [0.15, 0.2) is 12.2 Å². The molecule has 2 aromatic carbocycles. The summed E-state index contributed by atoms with van der Waals surface area (Å²) in [5, 5.41) is 5.50. The molecule has 9 nitrogen and oxygen atoms in total. The average Bonchev–Trinajstić information content (AvgIpc) is 3.35. The molecule has 0 unspecified atom stereocenters. The summed E-state index contributed by atoms with van der Waals surface area (Å²) in [5.74, 6) is -0.955. The van der Waals surface area contributed by atoms with E-state index in [9.17, 15) is 18.0 Å². The Kier molecular flexibility index (Phi) is 6.60. The number of rotatable bonds is 8. The Morgan fingerprint density at radius 3 is 2.50 bits per heavy atom. The lowest BCUT2D eigenvalue weighted by molar-refractivity contribution is -0.139. The van der Waals surface area contributed by atoms with Gasteiger partial charge >= 0.3 is 5.97 Å². The van der Waals surface area contributed by atoms with Gasteiger partial charge in [-0.05, 0) is 56.3 Å². The number of aryl methyl sites for hydroxylation is 1. The number of nitrogens with zero attached hydrogens (tertiary/aromatic N) is 2. The van der Waals surface area contributed by atoms with Crippen molar-refractivity contribution in [3.8, 4) is 5.69 Å². The largest absolute Gasteiger partial charge is 0.457 e. The SMILES string of the molecule is Cc1cc(C(=O)COC(=O)CSc2nc3ccccc3o2)c(C)n1-c1ccc(S(N)(=O)=O)cc1. The Balaban J connectivity index is 1.39. The van der Waals surface area contributed by atoms with Crippen LogP contribution in [-0.2, 0) is 19.6 Å². The number of ketones is 1. The van der Waals surface area contributed by atoms with Crippen molar-refractivity contribution < 1.29 is 27.2 Å². The second-order valence-corrected chi connectivity index (χ2v) is 9.97. The molecule has 2 N–H and O–H groups in total. The van der Waals surface area contributed by atoms with Crippen LogP contribution >= 0.6 is 11.8 Å². The van der Waals surface area contributed by atoms with Gasteiger partial charge in [0.25, 0.3) is 5.22 Å². The van der Waals surface area contributed by atoms with Crippen molar-refractivity contribution in [3.05, 3.63) is 71.5 Å². The average molecular weight is 500 g/mol. The molecule has 11 heteroatoms. The third-order valence-electron chi connectivity index (χ3n) is 5.11. The molecule has 0 fully saturated rings. The van der Waals surface area contributed by atoms with Crippen LogP contribution < -0.4 is 5.14 Å². The van der Waals surface area contributed by atoms with E-state index in [-0.39, 0.29) is 16.4 Å². The zero-order valence-electron chi connectivity index (χ0n) is 18.3. The van der Waals surface area contributed by atoms with Gasteiger partial charge in [-0.2, -0.15) is 0 Å². The number of oxazole rings is 1. The number of Topliss-reactive ketones (excluding diaryl/α,β-unsaturated/α-hetero) is 1. The molecular formula is C23H21N3O6S2. The summed E-state index contributed by atoms with van der Waals surface area (Å²) < 4.78 is 35.5. The highest BCUT2D eigenvalue weighted by Crippen LogP contribution is 2.24. The first-order chi connectivity index (χ1) is 16.1. The first kappa shape index (κ1) is 23.7. The molecule has 0 bridgehead atoms. The third kappa shape index (κ3) is 5.06. The Morgan fingerprint density at radius 1 is 1.12 bits per heavy atom. The molecule has 0 radical (unpaired) electrons. The van der Waals surface area contributed by atoms with E-state index in [1.807, 2.05) is 29.7 Å². The second kappa shape index (κ2) is 9.45. The Hall–Kier alpha value is -3.41. The van der Waals surface area contributed by atoms with E-state index in [2.05, 4.69) is 4.98 Å². The van der Waals surface area contributed by atoms with Gasteiger partial charge in [-0.3, -0.25) is 9.59 Å². The molecule has 0 atom stereocenters. The smallest absolute Gasteiger partial charge is 0.316 e. The second-order valence-electron chi connectivity index (χ2n) is 7.48. The Bertz CT molecular complexity index is 1450. The maximum absolute atomic E-state index is 12.7. The van der Waals surface area contributed by atoms with E-state index in [1.165, 1.54) is 12.1 Å². The van der Waals surface area contributed by atoms with Crippen LogP contribution in [0.2, 0.25) is 0 Å². The molecule has 0 amide bonds. The number of carbonyl (C=O) groups excluding carboxylic acids is 2. The number of benzene rings is 2. The fourth-order valence-corrected chi connectivity index (χ4v) is 4.68. The lowest BCUT2D eigenvalue weighted by Gasteiger charge is -2.10. The maximum Gasteiger partial charge on any atom is 0.316 e. The zero-order valence-corrected chi connectivity index (χ0v) is 20.0. The van der Waals surface area contributed by atoms with Crippen molar-refractivity contribution in [1.82, 2.24) is 9.55 Å². The summed E-state index contributed by atoms with van der Waals surface area (Å²) in [7, 11) is -3.80. The minimum Gasteiger partial charge on any atom is -0.457 e. The number of primary sulfonamides is 1. The van der Waals surface area contributed by atoms with Gasteiger partial charge in [-0.25, -0.2) is 18.5 Å². The summed E-state index contributed by atoms with van der Waals surface area (Å²) in [6.45, 7) is 3.18. The first-order valence-electron chi connectivity index (χ1n) is 10.1. The summed E-state index contributed by atoms with van der Waals surface area (Å²) in [6.07, 6.45) is 0. The van der Waals surface area contributed by atoms with Gasteiger partial charge < -0.3 is 13.7 Å². The minimum atomic E-state index is -3.80. The highest BCUT2D eigenvalue weighted by molar-refractivity contribution is 7.99. The van der Waals surface area contributed by atoms with Gasteiger partial charge in [-0.15, -0.1) is 0 Å². The topological polar surface area (TPSA) is 134 Å². The van der Waals surface area contributed by atoms with E-state index >= 15 is 0 Å². The first-order valence-corrected chi connectivity index (χ1v) is 12.7. The number of thioether (sulfide) groups is 1. The molecule has 0 aliphatic rings. The number of nitrogens with two attached hydrogens (primary N) is 1. The van der Waals surface area contributed by atoms with Crippen LogP contribution in [0.5, 0.6) is 0 Å². The number of aromatic nitrogens is 2. The van der Waals surface area contributed by atoms with Crippen molar-refractivity contribution in [3.63, 3.8) is 0 Å². The molecule has 2 aromatic heterocycles. The Labute approximate surface area is 200 Å². The van der Waals surface area contributed by atoms with Crippen molar-refractivity contribution in [2.45, 2.75) is 24.0 Å². The van der Waals surface area contributed by atoms with E-state index in [0.29, 0.717) is 33.3 Å². The van der Waals surface area contributed by atoms with Crippen molar-refractivity contribution in [2.24, 2.45) is 5.14 Å². The summed E-state index contributed by atoms with van der Waals surface area (Å²) in [5.41, 5.74) is 3.82. The van der Waals surface area contributed by atoms with Crippen LogP contribution in [-0.4, -0.2) is 42.1 Å². The fourth-order valence-electron chi connectivity index (χ4n) is 3.53. The van der Waals surface area contributed by atoms with E-state index in [0.717, 1.165) is 17.5 Å². The molecule has 0 saturated carbocycles. The number of hydrogen-bond acceptors (Lipinski definition) is 8. The van der Waals surface area contributed by atoms with Gasteiger partial charge in [0.2, 0.25) is 15.8 Å². The third-order valence-corrected chi connectivity index (χ3v) is 6.84. The van der Waals surface area contributed by atoms with Crippen LogP contribution in [0, 0.1) is 13.8 Å². The molecule has 0 aliphatic heterocycles. The molecule has 4 aromatic rings. The molecule has 176 valence electrons. The molecule has 4 rings (SSSR count). The summed E-state index contributed by atoms with van der Waals surface area (Å²) in [6, 6.07) is 15.0. The minimum absolute atomic E-state index is 0.00218. The highest BCUT2D eigenvalue weighted by Gasteiger charge is 2.19. The number of sulfonamides is 1. The van der Waals surface area contributed by atoms with Crippen LogP contribution in [0.25, 0.3) is 16.8 Å². The number of carbonyl (C=O) groups is 2. The van der Waals surface area contributed by atoms with E-state index < -0.39 is 22.6 Å². The summed E-state index contributed by atoms with van der Waals surface area (Å²) >= 11 is 1.09. The normalized spacial score (nSPS) is 11.6. The molecule has 2 heterocycles. The van der Waals surface area contributed by atoms with Crippen LogP contribution in [0.1, 0.15) is 21.7 Å². The van der Waals surface area contributed by atoms with Crippen LogP contribution in [0.3, 0.4) is 0 Å². The van der Waals surface area contributed by atoms with E-state index in [1.54, 1.807) is 31.2 Å². The van der Waals surface area contributed by atoms with Crippen LogP contribution in [0.4, 0.5) is 0 Å². The zero-order chi connectivity index (χ0) is 24.5. The summed E-state index contributed by atoms with van der Waals surface area (Å²) in [4.78, 5) is 29.1. The predicted octanol–water partition coefficient (Wildman–Crippen LogP) is 3.40. The van der Waals surface area contributed by atoms with Gasteiger partial charge in [0.05, 0.1) is 4.90 Å². The van der Waals surface area contributed by atoms with Gasteiger partial charge in [0.1, 0.15) is 11.3 Å². The molecular weight excluding hydrogens is 478 g/mol. The molecule has 0 saturated heterocycles. The number of ether oxygens (including phenoxy) is 1. The Morgan fingerprint density at radius 2 is 1.82 bits per heavy atom. The predicted molar refractivity (Wildman–Crippen MR) is 127 cm³/mol. The van der Waals surface area contributed by atoms with Gasteiger partial charge in [-0.1, -0.05) is 23.9 Å². The molecule has 34 heavy (non-hydrogen) atoms. The lowest BCUT2D eigenvalue weighted by atomic mass is 10.1. The van der Waals surface area contributed by atoms with Crippen molar-refractivity contribution in [1.29, 1.82) is 0 Å². The monoisotopic (exact) mass is 499 g/mol. The number of hydrogen-bond donors (Lipinski definition) is 1. The number of para-hydroxylation sites is 2. The number of esters is 1. The number of fused-ring (bicyclic) bond motifs is 1. The fraction of sp³-hybridized carbons (Fsp3) is 0.174.